The Morgan fingerprint density at radius 3 is 2.14 bits per heavy atom. The number of carboxylic acid groups (broad SMARTS) is 1. The molecule has 0 saturated heterocycles. The number of amides is 1. The van der Waals surface area contributed by atoms with E-state index in [4.69, 9.17) is 14.3 Å². The average molecular weight is 495 g/mol. The van der Waals surface area contributed by atoms with Crippen LogP contribution in [0.2, 0.25) is 0 Å². The van der Waals surface area contributed by atoms with Crippen LogP contribution in [0.15, 0.2) is 30.3 Å². The van der Waals surface area contributed by atoms with Gasteiger partial charge in [0, 0.05) is 6.54 Å². The van der Waals surface area contributed by atoms with Crippen LogP contribution < -0.4 is 5.32 Å². The van der Waals surface area contributed by atoms with Gasteiger partial charge in [-0.15, -0.1) is 0 Å². The maximum atomic E-state index is 12.3. The molecule has 0 fully saturated rings. The minimum absolute atomic E-state index is 0.222. The predicted molar refractivity (Wildman–Crippen MR) is 133 cm³/mol. The standard InChI is InChI=1S/C26H42N2O7/c1-25(2,3)34-22(29)18-28(35-26(4,5)6)21(23(30)31)16-12-7-8-13-17-27-24(32)33-19-20-14-10-9-11-15-20/h9-11,14-15,21H,7-8,12-13,16-19H2,1-6H3,(H,27,32)(H,30,31). The van der Waals surface area contributed by atoms with Crippen molar-refractivity contribution in [3.8, 4) is 0 Å². The number of hydroxylamine groups is 2. The van der Waals surface area contributed by atoms with E-state index in [0.717, 1.165) is 24.8 Å². The molecule has 9 nitrogen and oxygen atoms in total. The van der Waals surface area contributed by atoms with Crippen LogP contribution in [-0.4, -0.2) is 58.5 Å². The van der Waals surface area contributed by atoms with Crippen LogP contribution in [0.1, 0.15) is 79.2 Å². The fourth-order valence-electron chi connectivity index (χ4n) is 3.23. The van der Waals surface area contributed by atoms with Crippen molar-refractivity contribution in [2.75, 3.05) is 13.1 Å². The summed E-state index contributed by atoms with van der Waals surface area (Å²) in [5, 5.41) is 13.7. The van der Waals surface area contributed by atoms with E-state index in [9.17, 15) is 19.5 Å². The van der Waals surface area contributed by atoms with Gasteiger partial charge in [-0.3, -0.25) is 14.4 Å². The molecule has 1 rings (SSSR count). The van der Waals surface area contributed by atoms with Crippen LogP contribution in [0, 0.1) is 0 Å². The van der Waals surface area contributed by atoms with Crippen molar-refractivity contribution in [1.29, 1.82) is 0 Å². The summed E-state index contributed by atoms with van der Waals surface area (Å²) in [6.07, 6.45) is 2.84. The van der Waals surface area contributed by atoms with Gasteiger partial charge in [-0.05, 0) is 59.9 Å². The Balaban J connectivity index is 2.41. The van der Waals surface area contributed by atoms with E-state index < -0.39 is 35.3 Å². The van der Waals surface area contributed by atoms with E-state index in [1.54, 1.807) is 41.5 Å². The molecule has 35 heavy (non-hydrogen) atoms. The Labute approximate surface area is 209 Å². The summed E-state index contributed by atoms with van der Waals surface area (Å²) < 4.78 is 10.5. The first-order valence-electron chi connectivity index (χ1n) is 12.1. The zero-order valence-corrected chi connectivity index (χ0v) is 22.0. The Bertz CT molecular complexity index is 785. The summed E-state index contributed by atoms with van der Waals surface area (Å²) in [5.74, 6) is -1.60. The van der Waals surface area contributed by atoms with Gasteiger partial charge in [-0.2, -0.15) is 5.06 Å². The monoisotopic (exact) mass is 494 g/mol. The van der Waals surface area contributed by atoms with Gasteiger partial charge in [0.05, 0.1) is 5.60 Å². The van der Waals surface area contributed by atoms with E-state index in [1.165, 1.54) is 5.06 Å². The average Bonchev–Trinajstić information content (AvgIpc) is 2.71. The van der Waals surface area contributed by atoms with E-state index >= 15 is 0 Å². The second-order valence-corrected chi connectivity index (χ2v) is 10.4. The molecule has 0 bridgehead atoms. The lowest BCUT2D eigenvalue weighted by Crippen LogP contribution is -2.48. The number of rotatable bonds is 14. The maximum Gasteiger partial charge on any atom is 0.407 e. The SMILES string of the molecule is CC(C)(C)OC(=O)CN(OC(C)(C)C)C(CCCCCCNC(=O)OCc1ccccc1)C(=O)O. The molecule has 1 aromatic carbocycles. The first-order chi connectivity index (χ1) is 16.3. The number of aliphatic carboxylic acids is 1. The van der Waals surface area contributed by atoms with Gasteiger partial charge >= 0.3 is 18.0 Å². The van der Waals surface area contributed by atoms with Gasteiger partial charge in [-0.25, -0.2) is 4.79 Å². The number of carbonyl (C=O) groups is 3. The molecule has 1 aromatic rings. The smallest absolute Gasteiger partial charge is 0.407 e. The molecule has 0 aliphatic rings. The highest BCUT2D eigenvalue weighted by atomic mass is 16.7. The number of carbonyl (C=O) groups excluding carboxylic acids is 2. The summed E-state index contributed by atoms with van der Waals surface area (Å²) in [6.45, 7) is 11.1. The number of benzene rings is 1. The second kappa shape index (κ2) is 14.7. The predicted octanol–water partition coefficient (Wildman–Crippen LogP) is 4.69. The van der Waals surface area contributed by atoms with Crippen LogP contribution in [-0.2, 0) is 30.5 Å². The van der Waals surface area contributed by atoms with Crippen LogP contribution in [0.25, 0.3) is 0 Å². The van der Waals surface area contributed by atoms with Crippen molar-refractivity contribution in [2.24, 2.45) is 0 Å². The van der Waals surface area contributed by atoms with Gasteiger partial charge in [0.25, 0.3) is 0 Å². The lowest BCUT2D eigenvalue weighted by Gasteiger charge is -2.34. The van der Waals surface area contributed by atoms with Crippen molar-refractivity contribution in [3.05, 3.63) is 35.9 Å². The van der Waals surface area contributed by atoms with Crippen molar-refractivity contribution in [1.82, 2.24) is 10.4 Å². The highest BCUT2D eigenvalue weighted by Crippen LogP contribution is 2.19. The molecule has 1 amide bonds. The molecule has 0 radical (unpaired) electrons. The molecule has 9 heteroatoms. The lowest BCUT2D eigenvalue weighted by atomic mass is 10.1. The molecule has 0 aromatic heterocycles. The number of nitrogens with zero attached hydrogens (tertiary/aromatic N) is 1. The number of alkyl carbamates (subject to hydrolysis) is 1. The summed E-state index contributed by atoms with van der Waals surface area (Å²) >= 11 is 0. The second-order valence-electron chi connectivity index (χ2n) is 10.4. The normalized spacial score (nSPS) is 12.8. The van der Waals surface area contributed by atoms with E-state index in [0.29, 0.717) is 19.4 Å². The highest BCUT2D eigenvalue weighted by Gasteiger charge is 2.32. The first-order valence-corrected chi connectivity index (χ1v) is 12.1. The van der Waals surface area contributed by atoms with Crippen molar-refractivity contribution >= 4 is 18.0 Å². The number of nitrogens with one attached hydrogen (secondary N) is 1. The summed E-state index contributed by atoms with van der Waals surface area (Å²) in [4.78, 5) is 41.9. The van der Waals surface area contributed by atoms with E-state index in [1.807, 2.05) is 30.3 Å². The Morgan fingerprint density at radius 2 is 1.57 bits per heavy atom. The Hall–Kier alpha value is -2.65. The summed E-state index contributed by atoms with van der Waals surface area (Å²) in [6, 6.07) is 8.47. The number of carboxylic acids is 1. The zero-order chi connectivity index (χ0) is 26.5. The van der Waals surface area contributed by atoms with Crippen LogP contribution >= 0.6 is 0 Å². The molecule has 1 atom stereocenters. The third-order valence-electron chi connectivity index (χ3n) is 4.62. The maximum absolute atomic E-state index is 12.3. The van der Waals surface area contributed by atoms with Gasteiger partial charge in [-0.1, -0.05) is 49.6 Å². The molecule has 0 saturated carbocycles. The molecule has 0 heterocycles. The Morgan fingerprint density at radius 1 is 0.943 bits per heavy atom. The van der Waals surface area contributed by atoms with Crippen LogP contribution in [0.3, 0.4) is 0 Å². The fourth-order valence-corrected chi connectivity index (χ4v) is 3.23. The number of unbranched alkanes of at least 4 members (excludes halogenated alkanes) is 3. The highest BCUT2D eigenvalue weighted by molar-refractivity contribution is 5.76. The third-order valence-corrected chi connectivity index (χ3v) is 4.62. The third kappa shape index (κ3) is 15.1. The number of esters is 1. The van der Waals surface area contributed by atoms with Crippen molar-refractivity contribution in [3.63, 3.8) is 0 Å². The van der Waals surface area contributed by atoms with Gasteiger partial charge in [0.2, 0.25) is 0 Å². The molecule has 2 N–H and O–H groups in total. The van der Waals surface area contributed by atoms with Crippen molar-refractivity contribution < 1.29 is 33.8 Å². The number of hydrogen-bond donors (Lipinski definition) is 2. The molecular weight excluding hydrogens is 452 g/mol. The fraction of sp³-hybridized carbons (Fsp3) is 0.654. The van der Waals surface area contributed by atoms with Crippen LogP contribution in [0.5, 0.6) is 0 Å². The molecular formula is C26H42N2O7. The van der Waals surface area contributed by atoms with E-state index in [2.05, 4.69) is 5.32 Å². The number of ether oxygens (including phenoxy) is 2. The molecule has 1 unspecified atom stereocenters. The largest absolute Gasteiger partial charge is 0.480 e. The zero-order valence-electron chi connectivity index (χ0n) is 22.0. The van der Waals surface area contributed by atoms with Gasteiger partial charge in [0.1, 0.15) is 24.8 Å². The summed E-state index contributed by atoms with van der Waals surface area (Å²) in [7, 11) is 0. The Kier molecular flexibility index (Phi) is 12.7. The summed E-state index contributed by atoms with van der Waals surface area (Å²) in [5.41, 5.74) is -0.423. The van der Waals surface area contributed by atoms with Crippen molar-refractivity contribution in [2.45, 2.75) is 97.5 Å². The topological polar surface area (TPSA) is 114 Å². The quantitative estimate of drug-likeness (QED) is 0.217. The first kappa shape index (κ1) is 30.4. The van der Waals surface area contributed by atoms with E-state index in [-0.39, 0.29) is 13.2 Å². The minimum Gasteiger partial charge on any atom is -0.480 e. The lowest BCUT2D eigenvalue weighted by molar-refractivity contribution is -0.253. The minimum atomic E-state index is -1.05. The van der Waals surface area contributed by atoms with Crippen LogP contribution in [0.4, 0.5) is 4.79 Å². The van der Waals surface area contributed by atoms with Gasteiger partial charge in [0.15, 0.2) is 0 Å². The molecule has 0 aliphatic carbocycles. The number of hydrogen-bond acceptors (Lipinski definition) is 7. The molecule has 0 aliphatic heterocycles. The molecule has 0 spiro atoms. The van der Waals surface area contributed by atoms with Gasteiger partial charge < -0.3 is 19.9 Å². The molecule has 198 valence electrons.